The minimum absolute atomic E-state index is 0.0226. The zero-order chi connectivity index (χ0) is 29.6. The van der Waals surface area contributed by atoms with Gasteiger partial charge in [0.2, 0.25) is 11.8 Å². The molecule has 0 spiro atoms. The number of benzene rings is 3. The molecule has 1 fully saturated rings. The minimum Gasteiger partial charge on any atom is -0.352 e. The van der Waals surface area contributed by atoms with Crippen molar-refractivity contribution in [2.75, 3.05) is 10.8 Å². The molecule has 11 heteroatoms. The van der Waals surface area contributed by atoms with E-state index in [1.807, 2.05) is 0 Å². The lowest BCUT2D eigenvalue weighted by atomic mass is 9.95. The number of rotatable bonds is 10. The Labute approximate surface area is 256 Å². The molecule has 4 rings (SSSR count). The van der Waals surface area contributed by atoms with E-state index in [2.05, 4.69) is 5.32 Å². The average molecular weight is 637 g/mol. The van der Waals surface area contributed by atoms with E-state index in [9.17, 15) is 18.0 Å². The van der Waals surface area contributed by atoms with Crippen LogP contribution in [0.2, 0.25) is 15.1 Å². The number of sulfonamides is 1. The number of halogens is 3. The van der Waals surface area contributed by atoms with Gasteiger partial charge in [-0.2, -0.15) is 0 Å². The summed E-state index contributed by atoms with van der Waals surface area (Å²) in [6, 6.07) is 18.2. The first-order valence-corrected chi connectivity index (χ1v) is 16.0. The van der Waals surface area contributed by atoms with Gasteiger partial charge < -0.3 is 10.2 Å². The molecule has 3 aromatic carbocycles. The van der Waals surface area contributed by atoms with Gasteiger partial charge in [-0.15, -0.1) is 0 Å². The van der Waals surface area contributed by atoms with Gasteiger partial charge >= 0.3 is 0 Å². The van der Waals surface area contributed by atoms with Crippen molar-refractivity contribution in [3.63, 3.8) is 0 Å². The molecule has 1 N–H and O–H groups in total. The summed E-state index contributed by atoms with van der Waals surface area (Å²) in [5.41, 5.74) is 0.912. The molecule has 0 aromatic heterocycles. The maximum atomic E-state index is 14.0. The Bertz CT molecular complexity index is 1460. The maximum Gasteiger partial charge on any atom is 0.264 e. The van der Waals surface area contributed by atoms with Crippen molar-refractivity contribution < 1.29 is 18.0 Å². The summed E-state index contributed by atoms with van der Waals surface area (Å²) in [6.45, 7) is 1.13. The van der Waals surface area contributed by atoms with Gasteiger partial charge in [-0.3, -0.25) is 13.9 Å². The number of hydrogen-bond donors (Lipinski definition) is 1. The number of anilines is 1. The van der Waals surface area contributed by atoms with Gasteiger partial charge in [0.1, 0.15) is 12.6 Å². The first-order chi connectivity index (χ1) is 19.6. The van der Waals surface area contributed by atoms with Crippen LogP contribution in [0.4, 0.5) is 5.69 Å². The number of nitrogens with zero attached hydrogens (tertiary/aromatic N) is 2. The Morgan fingerprint density at radius 1 is 0.902 bits per heavy atom. The van der Waals surface area contributed by atoms with Crippen molar-refractivity contribution in [1.29, 1.82) is 0 Å². The molecule has 0 heterocycles. The Morgan fingerprint density at radius 2 is 1.56 bits per heavy atom. The van der Waals surface area contributed by atoms with Crippen molar-refractivity contribution in [3.05, 3.63) is 93.4 Å². The molecular weight excluding hydrogens is 605 g/mol. The first-order valence-electron chi connectivity index (χ1n) is 13.4. The summed E-state index contributed by atoms with van der Waals surface area (Å²) in [7, 11) is -4.15. The molecule has 0 unspecified atom stereocenters. The lowest BCUT2D eigenvalue weighted by molar-refractivity contribution is -0.139. The monoisotopic (exact) mass is 635 g/mol. The summed E-state index contributed by atoms with van der Waals surface area (Å²) < 4.78 is 28.6. The number of amides is 2. The van der Waals surface area contributed by atoms with Gasteiger partial charge in [0.15, 0.2) is 0 Å². The Balaban J connectivity index is 1.67. The summed E-state index contributed by atoms with van der Waals surface area (Å²) >= 11 is 18.4. The fourth-order valence-electron chi connectivity index (χ4n) is 4.84. The smallest absolute Gasteiger partial charge is 0.264 e. The second-order valence-electron chi connectivity index (χ2n) is 10.1. The third kappa shape index (κ3) is 7.95. The molecule has 0 aliphatic heterocycles. The highest BCUT2D eigenvalue weighted by atomic mass is 35.5. The van der Waals surface area contributed by atoms with Crippen LogP contribution in [0.15, 0.2) is 77.7 Å². The molecule has 0 bridgehead atoms. The molecule has 1 aliphatic rings. The van der Waals surface area contributed by atoms with Crippen LogP contribution in [-0.4, -0.2) is 43.8 Å². The van der Waals surface area contributed by atoms with E-state index in [0.717, 1.165) is 36.4 Å². The van der Waals surface area contributed by atoms with Crippen LogP contribution in [0, 0.1) is 0 Å². The van der Waals surface area contributed by atoms with Crippen molar-refractivity contribution in [2.24, 2.45) is 0 Å². The molecule has 41 heavy (non-hydrogen) atoms. The molecule has 0 saturated heterocycles. The van der Waals surface area contributed by atoms with Gasteiger partial charge in [-0.25, -0.2) is 8.42 Å². The van der Waals surface area contributed by atoms with Crippen molar-refractivity contribution in [1.82, 2.24) is 10.2 Å². The lowest BCUT2D eigenvalue weighted by Gasteiger charge is -2.33. The molecule has 3 aromatic rings. The van der Waals surface area contributed by atoms with E-state index in [4.69, 9.17) is 34.8 Å². The molecule has 218 valence electrons. The highest BCUT2D eigenvalue weighted by Crippen LogP contribution is 2.27. The van der Waals surface area contributed by atoms with Gasteiger partial charge in [0.05, 0.1) is 20.6 Å². The molecule has 7 nitrogen and oxygen atoms in total. The Hall–Kier alpha value is -2.78. The minimum atomic E-state index is -4.15. The summed E-state index contributed by atoms with van der Waals surface area (Å²) in [4.78, 5) is 28.8. The van der Waals surface area contributed by atoms with Crippen LogP contribution in [0.25, 0.3) is 0 Å². The largest absolute Gasteiger partial charge is 0.352 e. The number of carbonyl (C=O) groups is 2. The van der Waals surface area contributed by atoms with Crippen molar-refractivity contribution in [2.45, 2.75) is 62.6 Å². The van der Waals surface area contributed by atoms with Gasteiger partial charge in [-0.1, -0.05) is 78.3 Å². The van der Waals surface area contributed by atoms with E-state index in [0.29, 0.717) is 20.6 Å². The molecule has 2 amide bonds. The molecule has 1 aliphatic carbocycles. The molecular formula is C30H32Cl3N3O4S. The highest BCUT2D eigenvalue weighted by Gasteiger charge is 2.33. The molecule has 1 saturated carbocycles. The molecule has 0 radical (unpaired) electrons. The van der Waals surface area contributed by atoms with Crippen LogP contribution >= 0.6 is 34.8 Å². The number of carbonyl (C=O) groups excluding carboxylic acids is 2. The highest BCUT2D eigenvalue weighted by molar-refractivity contribution is 7.92. The first kappa shape index (κ1) is 31.2. The van der Waals surface area contributed by atoms with Gasteiger partial charge in [0, 0.05) is 17.6 Å². The second-order valence-corrected chi connectivity index (χ2v) is 13.2. The molecule has 1 atom stereocenters. The SMILES string of the molecule is C[C@H](C(=O)NC1CCCCC1)N(Cc1ccc(Cl)c(Cl)c1)C(=O)CN(c1ccc(Cl)cc1)S(=O)(=O)c1ccccc1. The van der Waals surface area contributed by atoms with Gasteiger partial charge in [-0.05, 0) is 73.9 Å². The Morgan fingerprint density at radius 3 is 2.20 bits per heavy atom. The Kier molecular flexibility index (Phi) is 10.6. The van der Waals surface area contributed by atoms with Crippen LogP contribution in [0.1, 0.15) is 44.6 Å². The summed E-state index contributed by atoms with van der Waals surface area (Å²) in [5, 5.41) is 4.17. The third-order valence-corrected chi connectivity index (χ3v) is 9.96. The summed E-state index contributed by atoms with van der Waals surface area (Å²) in [6.07, 6.45) is 5.00. The quantitative estimate of drug-likeness (QED) is 0.268. The number of nitrogens with one attached hydrogen (secondary N) is 1. The standard InChI is InChI=1S/C30H32Cl3N3O4S/c1-21(30(38)34-24-8-4-2-5-9-24)35(19-22-12-17-27(32)28(33)18-22)29(37)20-36(25-15-13-23(31)14-16-25)41(39,40)26-10-6-3-7-11-26/h3,6-7,10-18,21,24H,2,4-5,8-9,19-20H2,1H3,(H,34,38)/t21-/m1/s1. The van der Waals surface area contributed by atoms with E-state index < -0.39 is 28.5 Å². The third-order valence-electron chi connectivity index (χ3n) is 7.18. The van der Waals surface area contributed by atoms with Crippen LogP contribution < -0.4 is 9.62 Å². The van der Waals surface area contributed by atoms with Crippen molar-refractivity contribution in [3.8, 4) is 0 Å². The van der Waals surface area contributed by atoms with E-state index in [1.165, 1.54) is 17.0 Å². The maximum absolute atomic E-state index is 14.0. The van der Waals surface area contributed by atoms with Crippen molar-refractivity contribution >= 4 is 62.3 Å². The van der Waals surface area contributed by atoms with E-state index in [-0.39, 0.29) is 29.1 Å². The topological polar surface area (TPSA) is 86.8 Å². The predicted octanol–water partition coefficient (Wildman–Crippen LogP) is 6.71. The average Bonchev–Trinajstić information content (AvgIpc) is 2.97. The summed E-state index contributed by atoms with van der Waals surface area (Å²) in [5.74, 6) is -0.855. The van der Waals surface area contributed by atoms with E-state index >= 15 is 0 Å². The van der Waals surface area contributed by atoms with Crippen LogP contribution in [0.5, 0.6) is 0 Å². The normalized spacial score (nSPS) is 14.7. The fraction of sp³-hybridized carbons (Fsp3) is 0.333. The van der Waals surface area contributed by atoms with Gasteiger partial charge in [0.25, 0.3) is 10.0 Å². The van der Waals surface area contributed by atoms with E-state index in [1.54, 1.807) is 67.6 Å². The zero-order valence-corrected chi connectivity index (χ0v) is 25.7. The predicted molar refractivity (Wildman–Crippen MR) is 164 cm³/mol. The fourth-order valence-corrected chi connectivity index (χ4v) is 6.72. The number of hydrogen-bond acceptors (Lipinski definition) is 4. The lowest BCUT2D eigenvalue weighted by Crippen LogP contribution is -2.53. The van der Waals surface area contributed by atoms with Crippen LogP contribution in [-0.2, 0) is 26.2 Å². The van der Waals surface area contributed by atoms with Crippen LogP contribution in [0.3, 0.4) is 0 Å². The second kappa shape index (κ2) is 13.9. The zero-order valence-electron chi connectivity index (χ0n) is 22.6.